The van der Waals surface area contributed by atoms with Crippen molar-refractivity contribution in [1.29, 1.82) is 0 Å². The Kier molecular flexibility index (Phi) is 6.38. The summed E-state index contributed by atoms with van der Waals surface area (Å²) in [6.45, 7) is 12.1. The molecule has 2 atom stereocenters. The van der Waals surface area contributed by atoms with E-state index in [0.29, 0.717) is 0 Å². The Balaban J connectivity index is 1.60. The molecule has 3 aromatic heterocycles. The number of nitrogens with one attached hydrogen (secondary N) is 3. The summed E-state index contributed by atoms with van der Waals surface area (Å²) < 4.78 is 10.1. The van der Waals surface area contributed by atoms with Gasteiger partial charge in [-0.3, -0.25) is 10.00 Å². The highest BCUT2D eigenvalue weighted by Crippen LogP contribution is 2.42. The Morgan fingerprint density at radius 1 is 1.41 bits per heavy atom. The average molecular weight is 524 g/mol. The summed E-state index contributed by atoms with van der Waals surface area (Å²) in [6.07, 6.45) is 4.21. The van der Waals surface area contributed by atoms with Gasteiger partial charge in [0.25, 0.3) is 0 Å². The second-order valence-electron chi connectivity index (χ2n) is 7.29. The number of halogens is 1. The van der Waals surface area contributed by atoms with Gasteiger partial charge in [-0.15, -0.1) is 11.3 Å². The van der Waals surface area contributed by atoms with E-state index in [1.807, 2.05) is 12.1 Å². The fourth-order valence-corrected chi connectivity index (χ4v) is 5.34. The summed E-state index contributed by atoms with van der Waals surface area (Å²) in [5, 5.41) is 10.8. The van der Waals surface area contributed by atoms with Crippen LogP contribution >= 0.6 is 34.2 Å². The highest BCUT2D eigenvalue weighted by molar-refractivity contribution is 14.1. The largest absolute Gasteiger partial charge is 0.382 e. The SMILES string of the molecule is C=Cc1c(-c2ccn[nH]2)sc2c(NCCN3C[C@@H](C)O[C@@H](C)C3)cc(NI)nc12. The molecule has 0 saturated carbocycles. The summed E-state index contributed by atoms with van der Waals surface area (Å²) >= 11 is 3.83. The Bertz CT molecular complexity index is 979. The molecule has 154 valence electrons. The smallest absolute Gasteiger partial charge is 0.137 e. The topological polar surface area (TPSA) is 78.1 Å². The van der Waals surface area contributed by atoms with Crippen LogP contribution in [0.1, 0.15) is 19.4 Å². The Morgan fingerprint density at radius 3 is 2.86 bits per heavy atom. The molecular formula is C20H25IN6OS. The van der Waals surface area contributed by atoms with E-state index >= 15 is 0 Å². The third-order valence-corrected chi connectivity index (χ3v) is 6.78. The van der Waals surface area contributed by atoms with Gasteiger partial charge in [-0.2, -0.15) is 5.10 Å². The van der Waals surface area contributed by atoms with Crippen LogP contribution in [0.5, 0.6) is 0 Å². The first kappa shape index (κ1) is 20.6. The highest BCUT2D eigenvalue weighted by atomic mass is 127. The van der Waals surface area contributed by atoms with Gasteiger partial charge in [0, 0.05) is 44.0 Å². The van der Waals surface area contributed by atoms with Crippen LogP contribution in [0, 0.1) is 0 Å². The highest BCUT2D eigenvalue weighted by Gasteiger charge is 2.22. The van der Waals surface area contributed by atoms with Crippen molar-refractivity contribution in [2.24, 2.45) is 0 Å². The van der Waals surface area contributed by atoms with Crippen molar-refractivity contribution in [1.82, 2.24) is 20.1 Å². The van der Waals surface area contributed by atoms with Gasteiger partial charge >= 0.3 is 0 Å². The van der Waals surface area contributed by atoms with Crippen LogP contribution in [0.4, 0.5) is 11.5 Å². The Labute approximate surface area is 188 Å². The maximum atomic E-state index is 5.84. The van der Waals surface area contributed by atoms with Gasteiger partial charge in [-0.05, 0) is 19.9 Å². The minimum absolute atomic E-state index is 0.283. The minimum atomic E-state index is 0.283. The number of aromatic nitrogens is 3. The molecule has 3 aromatic rings. The molecule has 0 bridgehead atoms. The zero-order valence-corrected chi connectivity index (χ0v) is 19.5. The number of hydrogen-bond acceptors (Lipinski definition) is 7. The van der Waals surface area contributed by atoms with Gasteiger partial charge in [0.15, 0.2) is 0 Å². The zero-order chi connectivity index (χ0) is 20.4. The summed E-state index contributed by atoms with van der Waals surface area (Å²) in [7, 11) is 0. The van der Waals surface area contributed by atoms with Crippen LogP contribution in [0.15, 0.2) is 24.9 Å². The van der Waals surface area contributed by atoms with Crippen molar-refractivity contribution in [3.8, 4) is 10.6 Å². The molecule has 4 rings (SSSR count). The van der Waals surface area contributed by atoms with Gasteiger partial charge in [0.05, 0.1) is 61.5 Å². The van der Waals surface area contributed by atoms with Gasteiger partial charge in [0.2, 0.25) is 0 Å². The molecule has 3 N–H and O–H groups in total. The number of anilines is 2. The lowest BCUT2D eigenvalue weighted by atomic mass is 10.1. The molecule has 4 heterocycles. The lowest BCUT2D eigenvalue weighted by Crippen LogP contribution is -2.46. The van der Waals surface area contributed by atoms with Crippen molar-refractivity contribution in [3.05, 3.63) is 30.5 Å². The van der Waals surface area contributed by atoms with Gasteiger partial charge in [0.1, 0.15) is 5.82 Å². The van der Waals surface area contributed by atoms with Crippen LogP contribution in [0.3, 0.4) is 0 Å². The van der Waals surface area contributed by atoms with Crippen LogP contribution in [0.2, 0.25) is 0 Å². The molecule has 1 aliphatic rings. The van der Waals surface area contributed by atoms with E-state index in [-0.39, 0.29) is 12.2 Å². The molecule has 9 heteroatoms. The van der Waals surface area contributed by atoms with Crippen molar-refractivity contribution < 1.29 is 4.74 Å². The molecule has 29 heavy (non-hydrogen) atoms. The van der Waals surface area contributed by atoms with Crippen LogP contribution in [-0.4, -0.2) is 58.5 Å². The van der Waals surface area contributed by atoms with Gasteiger partial charge < -0.3 is 13.6 Å². The number of thiophene rings is 1. The van der Waals surface area contributed by atoms with E-state index in [1.165, 1.54) is 0 Å². The number of morpholine rings is 1. The number of H-pyrrole nitrogens is 1. The lowest BCUT2D eigenvalue weighted by molar-refractivity contribution is -0.0667. The van der Waals surface area contributed by atoms with E-state index < -0.39 is 0 Å². The molecule has 0 amide bonds. The fraction of sp³-hybridized carbons (Fsp3) is 0.400. The molecule has 1 fully saturated rings. The van der Waals surface area contributed by atoms with Crippen LogP contribution < -0.4 is 8.85 Å². The van der Waals surface area contributed by atoms with Crippen LogP contribution in [-0.2, 0) is 4.74 Å². The van der Waals surface area contributed by atoms with E-state index in [2.05, 4.69) is 73.3 Å². The molecule has 0 aliphatic carbocycles. The number of pyridine rings is 1. The van der Waals surface area contributed by atoms with Gasteiger partial charge in [-0.25, -0.2) is 4.98 Å². The van der Waals surface area contributed by atoms with E-state index in [0.717, 1.165) is 64.0 Å². The standard InChI is InChI=1S/C20H25IN6OS/c1-4-14-18-20(29-19(14)15-5-6-23-26-15)16(9-17(24-18)25-21)22-7-8-27-10-12(2)28-13(3)11-27/h4-6,9,12-13H,1,7-8,10-11H2,2-3H3,(H,23,26)(H2,22,24,25)/t12-,13+. The van der Waals surface area contributed by atoms with E-state index in [4.69, 9.17) is 9.72 Å². The van der Waals surface area contributed by atoms with Crippen molar-refractivity contribution in [2.45, 2.75) is 26.1 Å². The fourth-order valence-electron chi connectivity index (χ4n) is 3.85. The van der Waals surface area contributed by atoms with Crippen molar-refractivity contribution in [3.63, 3.8) is 0 Å². The second kappa shape index (κ2) is 8.99. The average Bonchev–Trinajstić information content (AvgIpc) is 3.34. The van der Waals surface area contributed by atoms with Crippen LogP contribution in [0.25, 0.3) is 26.9 Å². The van der Waals surface area contributed by atoms with Gasteiger partial charge in [-0.1, -0.05) is 12.7 Å². The molecule has 0 unspecified atom stereocenters. The van der Waals surface area contributed by atoms with Crippen molar-refractivity contribution in [2.75, 3.05) is 35.0 Å². The molecule has 1 saturated heterocycles. The number of aromatic amines is 1. The zero-order valence-electron chi connectivity index (χ0n) is 16.5. The van der Waals surface area contributed by atoms with E-state index in [9.17, 15) is 0 Å². The maximum Gasteiger partial charge on any atom is 0.137 e. The van der Waals surface area contributed by atoms with E-state index in [1.54, 1.807) is 17.5 Å². The lowest BCUT2D eigenvalue weighted by Gasteiger charge is -2.35. The number of rotatable bonds is 7. The molecule has 0 spiro atoms. The normalized spacial score (nSPS) is 20.1. The second-order valence-corrected chi connectivity index (χ2v) is 8.85. The molecular weight excluding hydrogens is 499 g/mol. The van der Waals surface area contributed by atoms with Crippen molar-refractivity contribution >= 4 is 62.0 Å². The number of fused-ring (bicyclic) bond motifs is 1. The number of ether oxygens (including phenoxy) is 1. The minimum Gasteiger partial charge on any atom is -0.382 e. The molecule has 0 aromatic carbocycles. The first-order chi connectivity index (χ1) is 14.1. The summed E-state index contributed by atoms with van der Waals surface area (Å²) in [4.78, 5) is 8.35. The first-order valence-corrected chi connectivity index (χ1v) is 11.6. The molecule has 7 nitrogen and oxygen atoms in total. The predicted molar refractivity (Wildman–Crippen MR) is 130 cm³/mol. The number of hydrogen-bond donors (Lipinski definition) is 3. The maximum absolute atomic E-state index is 5.84. The molecule has 1 aliphatic heterocycles. The first-order valence-electron chi connectivity index (χ1n) is 9.67. The summed E-state index contributed by atoms with van der Waals surface area (Å²) in [5.74, 6) is 0.825. The number of nitrogens with zero attached hydrogens (tertiary/aromatic N) is 3. The Morgan fingerprint density at radius 2 is 2.21 bits per heavy atom. The Hall–Kier alpha value is -1.69. The monoisotopic (exact) mass is 524 g/mol. The third kappa shape index (κ3) is 4.42. The summed E-state index contributed by atoms with van der Waals surface area (Å²) in [5.41, 5.74) is 4.05. The quantitative estimate of drug-likeness (QED) is 0.310. The molecule has 0 radical (unpaired) electrons. The third-order valence-electron chi connectivity index (χ3n) is 4.96. The summed E-state index contributed by atoms with van der Waals surface area (Å²) in [6, 6.07) is 4.04. The predicted octanol–water partition coefficient (Wildman–Crippen LogP) is 4.61.